The Morgan fingerprint density at radius 2 is 2.28 bits per heavy atom. The Kier molecular flexibility index (Phi) is 5.58. The van der Waals surface area contributed by atoms with Crippen LogP contribution in [0.1, 0.15) is 13.0 Å². The zero-order valence-corrected chi connectivity index (χ0v) is 11.5. The molecule has 1 amide bonds. The van der Waals surface area contributed by atoms with Gasteiger partial charge in [0.25, 0.3) is 5.56 Å². The third kappa shape index (κ3) is 3.44. The van der Waals surface area contributed by atoms with E-state index in [4.69, 9.17) is 27.9 Å². The number of ether oxygens (including phenoxy) is 1. The van der Waals surface area contributed by atoms with E-state index in [0.717, 1.165) is 4.57 Å². The van der Waals surface area contributed by atoms with E-state index in [1.165, 1.54) is 13.4 Å². The molecule has 1 atom stereocenters. The Balaban J connectivity index is 2.84. The molecule has 0 aromatic carbocycles. The number of methoxy groups -OCH3 is 1. The van der Waals surface area contributed by atoms with Crippen LogP contribution in [0, 0.1) is 0 Å². The molecule has 1 aromatic rings. The van der Waals surface area contributed by atoms with Crippen LogP contribution in [0.5, 0.6) is 0 Å². The van der Waals surface area contributed by atoms with E-state index in [1.807, 2.05) is 0 Å². The van der Waals surface area contributed by atoms with Gasteiger partial charge in [-0.2, -0.15) is 0 Å². The Labute approximate surface area is 114 Å². The molecule has 0 fully saturated rings. The Morgan fingerprint density at radius 3 is 2.89 bits per heavy atom. The first-order valence-corrected chi connectivity index (χ1v) is 5.93. The average molecular weight is 294 g/mol. The van der Waals surface area contributed by atoms with Gasteiger partial charge in [0.2, 0.25) is 5.91 Å². The van der Waals surface area contributed by atoms with Crippen molar-refractivity contribution in [2.45, 2.75) is 13.0 Å². The molecule has 0 saturated heterocycles. The smallest absolute Gasteiger partial charge is 0.274 e. The number of nitrogens with zero attached hydrogens (tertiary/aromatic N) is 2. The van der Waals surface area contributed by atoms with Gasteiger partial charge in [0.1, 0.15) is 17.4 Å². The van der Waals surface area contributed by atoms with Crippen LogP contribution in [0.4, 0.5) is 0 Å². The predicted molar refractivity (Wildman–Crippen MR) is 68.1 cm³/mol. The molecule has 1 N–H and O–H groups in total. The van der Waals surface area contributed by atoms with Crippen molar-refractivity contribution in [1.82, 2.24) is 14.9 Å². The van der Waals surface area contributed by atoms with Crippen LogP contribution >= 0.6 is 23.2 Å². The van der Waals surface area contributed by atoms with Crippen LogP contribution in [-0.2, 0) is 9.53 Å². The monoisotopic (exact) mass is 293 g/mol. The molecular weight excluding hydrogens is 281 g/mol. The fraction of sp³-hybridized carbons (Fsp3) is 0.500. The highest BCUT2D eigenvalue weighted by Crippen LogP contribution is 2.14. The molecule has 18 heavy (non-hydrogen) atoms. The predicted octanol–water partition coefficient (Wildman–Crippen LogP) is 0.874. The van der Waals surface area contributed by atoms with Gasteiger partial charge in [-0.25, -0.2) is 4.98 Å². The Hall–Kier alpha value is -1.11. The van der Waals surface area contributed by atoms with E-state index in [1.54, 1.807) is 6.92 Å². The van der Waals surface area contributed by atoms with E-state index >= 15 is 0 Å². The average Bonchev–Trinajstić information content (AvgIpc) is 2.35. The minimum absolute atomic E-state index is 0.0788. The van der Waals surface area contributed by atoms with Crippen LogP contribution < -0.4 is 10.9 Å². The molecular formula is C10H13Cl2N3O3. The molecule has 0 aliphatic rings. The molecule has 1 heterocycles. The summed E-state index contributed by atoms with van der Waals surface area (Å²) in [6.45, 7) is 2.33. The molecule has 0 aliphatic carbocycles. The molecule has 1 rings (SSSR count). The largest absolute Gasteiger partial charge is 0.383 e. The van der Waals surface area contributed by atoms with Crippen LogP contribution in [0.25, 0.3) is 0 Å². The van der Waals surface area contributed by atoms with Crippen molar-refractivity contribution >= 4 is 29.1 Å². The second kappa shape index (κ2) is 6.72. The summed E-state index contributed by atoms with van der Waals surface area (Å²) in [4.78, 5) is 27.2. The molecule has 1 unspecified atom stereocenters. The molecule has 0 bridgehead atoms. The highest BCUT2D eigenvalue weighted by atomic mass is 35.5. The topological polar surface area (TPSA) is 73.2 Å². The summed E-state index contributed by atoms with van der Waals surface area (Å²) in [7, 11) is 1.53. The summed E-state index contributed by atoms with van der Waals surface area (Å²) in [6.07, 6.45) is 1.19. The van der Waals surface area contributed by atoms with Gasteiger partial charge >= 0.3 is 0 Å². The first-order valence-electron chi connectivity index (χ1n) is 5.17. The maximum atomic E-state index is 11.8. The van der Waals surface area contributed by atoms with Crippen molar-refractivity contribution in [2.24, 2.45) is 0 Å². The van der Waals surface area contributed by atoms with E-state index in [2.05, 4.69) is 10.3 Å². The number of nitrogens with one attached hydrogen (secondary N) is 1. The summed E-state index contributed by atoms with van der Waals surface area (Å²) in [5.74, 6) is -0.325. The van der Waals surface area contributed by atoms with E-state index in [0.29, 0.717) is 13.2 Å². The molecule has 0 spiro atoms. The van der Waals surface area contributed by atoms with Crippen molar-refractivity contribution in [2.75, 3.05) is 20.3 Å². The fourth-order valence-electron chi connectivity index (χ4n) is 1.25. The molecule has 100 valence electrons. The van der Waals surface area contributed by atoms with Crippen molar-refractivity contribution < 1.29 is 9.53 Å². The maximum Gasteiger partial charge on any atom is 0.274 e. The second-order valence-corrected chi connectivity index (χ2v) is 4.26. The first-order chi connectivity index (χ1) is 8.49. The van der Waals surface area contributed by atoms with Crippen molar-refractivity contribution in [1.29, 1.82) is 0 Å². The molecule has 1 aromatic heterocycles. The minimum Gasteiger partial charge on any atom is -0.383 e. The van der Waals surface area contributed by atoms with E-state index in [9.17, 15) is 9.59 Å². The van der Waals surface area contributed by atoms with Crippen LogP contribution in [0.2, 0.25) is 10.2 Å². The molecule has 0 saturated carbocycles. The van der Waals surface area contributed by atoms with Gasteiger partial charge < -0.3 is 10.1 Å². The number of amides is 1. The molecule has 8 heteroatoms. The zero-order chi connectivity index (χ0) is 13.7. The number of halogens is 2. The van der Waals surface area contributed by atoms with Gasteiger partial charge in [0.05, 0.1) is 6.61 Å². The third-order valence-electron chi connectivity index (χ3n) is 2.30. The maximum absolute atomic E-state index is 11.8. The van der Waals surface area contributed by atoms with Crippen LogP contribution in [0.3, 0.4) is 0 Å². The van der Waals surface area contributed by atoms with Crippen LogP contribution in [0.15, 0.2) is 11.1 Å². The van der Waals surface area contributed by atoms with E-state index < -0.39 is 11.6 Å². The minimum atomic E-state index is -0.725. The number of hydrogen-bond acceptors (Lipinski definition) is 4. The van der Waals surface area contributed by atoms with Gasteiger partial charge in [0.15, 0.2) is 5.15 Å². The van der Waals surface area contributed by atoms with Crippen LogP contribution in [-0.4, -0.2) is 35.7 Å². The highest BCUT2D eigenvalue weighted by molar-refractivity contribution is 6.40. The molecule has 0 aliphatic heterocycles. The number of rotatable bonds is 5. The number of hydrogen-bond donors (Lipinski definition) is 1. The zero-order valence-electron chi connectivity index (χ0n) is 9.94. The van der Waals surface area contributed by atoms with Crippen molar-refractivity contribution in [3.8, 4) is 0 Å². The lowest BCUT2D eigenvalue weighted by Crippen LogP contribution is -2.37. The van der Waals surface area contributed by atoms with Gasteiger partial charge in [-0.05, 0) is 6.92 Å². The SMILES string of the molecule is COCCNC(=O)C(C)n1cnc(Cl)c(Cl)c1=O. The molecule has 6 nitrogen and oxygen atoms in total. The summed E-state index contributed by atoms with van der Waals surface area (Å²) in [5.41, 5.74) is -0.550. The standard InChI is InChI=1S/C10H13Cl2N3O3/c1-6(9(16)13-3-4-18-2)15-5-14-8(12)7(11)10(15)17/h5-6H,3-4H2,1-2H3,(H,13,16). The summed E-state index contributed by atoms with van der Waals surface area (Å²) in [6, 6.07) is -0.725. The third-order valence-corrected chi connectivity index (χ3v) is 3.02. The molecule has 0 radical (unpaired) electrons. The summed E-state index contributed by atoms with van der Waals surface area (Å²) in [5, 5.41) is 2.34. The lowest BCUT2D eigenvalue weighted by molar-refractivity contribution is -0.124. The van der Waals surface area contributed by atoms with E-state index in [-0.39, 0.29) is 16.1 Å². The Bertz CT molecular complexity index is 490. The number of carbonyl (C=O) groups excluding carboxylic acids is 1. The highest BCUT2D eigenvalue weighted by Gasteiger charge is 2.18. The number of aromatic nitrogens is 2. The van der Waals surface area contributed by atoms with Crippen molar-refractivity contribution in [3.63, 3.8) is 0 Å². The lowest BCUT2D eigenvalue weighted by atomic mass is 10.3. The summed E-state index contributed by atoms with van der Waals surface area (Å²) >= 11 is 11.3. The second-order valence-electron chi connectivity index (χ2n) is 3.52. The van der Waals surface area contributed by atoms with Crippen molar-refractivity contribution in [3.05, 3.63) is 26.9 Å². The van der Waals surface area contributed by atoms with Gasteiger partial charge in [-0.3, -0.25) is 14.2 Å². The quantitative estimate of drug-likeness (QED) is 0.646. The van der Waals surface area contributed by atoms with Gasteiger partial charge in [-0.15, -0.1) is 0 Å². The summed E-state index contributed by atoms with van der Waals surface area (Å²) < 4.78 is 5.92. The van der Waals surface area contributed by atoms with Gasteiger partial charge in [0, 0.05) is 13.7 Å². The fourth-order valence-corrected chi connectivity index (χ4v) is 1.52. The van der Waals surface area contributed by atoms with Gasteiger partial charge in [-0.1, -0.05) is 23.2 Å². The Morgan fingerprint density at radius 1 is 1.61 bits per heavy atom. The number of carbonyl (C=O) groups is 1. The lowest BCUT2D eigenvalue weighted by Gasteiger charge is -2.14. The normalized spacial score (nSPS) is 12.2. The first kappa shape index (κ1) is 14.9.